The van der Waals surface area contributed by atoms with E-state index in [1.54, 1.807) is 0 Å². The lowest BCUT2D eigenvalue weighted by molar-refractivity contribution is -0.385. The lowest BCUT2D eigenvalue weighted by Crippen LogP contribution is -2.35. The molecule has 0 spiro atoms. The molecule has 7 heteroatoms. The van der Waals surface area contributed by atoms with Crippen molar-refractivity contribution in [2.75, 3.05) is 7.11 Å². The van der Waals surface area contributed by atoms with Crippen LogP contribution < -0.4 is 10.1 Å². The molecule has 1 N–H and O–H groups in total. The summed E-state index contributed by atoms with van der Waals surface area (Å²) in [6.45, 7) is 0. The molecule has 1 aromatic carbocycles. The summed E-state index contributed by atoms with van der Waals surface area (Å²) in [6, 6.07) is 5.44. The van der Waals surface area contributed by atoms with Crippen LogP contribution in [0.1, 0.15) is 23.2 Å². The quantitative estimate of drug-likeness (QED) is 0.649. The fraction of sp³-hybridized carbons (Fsp3) is 0.385. The van der Waals surface area contributed by atoms with Gasteiger partial charge in [0.2, 0.25) is 0 Å². The fourth-order valence-electron chi connectivity index (χ4n) is 1.88. The molecule has 1 aliphatic rings. The molecule has 104 valence electrons. The van der Waals surface area contributed by atoms with Crippen LogP contribution in [-0.4, -0.2) is 24.0 Å². The van der Waals surface area contributed by atoms with Gasteiger partial charge in [-0.2, -0.15) is 5.26 Å². The van der Waals surface area contributed by atoms with Crippen molar-refractivity contribution in [3.63, 3.8) is 0 Å². The number of carbonyl (C=O) groups excluding carboxylic acids is 1. The van der Waals surface area contributed by atoms with Gasteiger partial charge in [-0.05, 0) is 30.9 Å². The maximum atomic E-state index is 12.0. The molecule has 0 aromatic heterocycles. The summed E-state index contributed by atoms with van der Waals surface area (Å²) in [7, 11) is 1.32. The van der Waals surface area contributed by atoms with E-state index in [0.717, 1.165) is 18.9 Å². The third-order valence-corrected chi connectivity index (χ3v) is 3.16. The standard InChI is InChI=1S/C13H13N3O4/c1-20-12-5-4-9(6-11(12)16(18)19)13(17)15-10(7-14)8-2-3-8/h4-6,8,10H,2-3H2,1H3,(H,15,17). The van der Waals surface area contributed by atoms with Gasteiger partial charge in [-0.3, -0.25) is 14.9 Å². The number of ether oxygens (including phenoxy) is 1. The Hall–Kier alpha value is -2.62. The van der Waals surface area contributed by atoms with Crippen molar-refractivity contribution in [2.45, 2.75) is 18.9 Å². The molecule has 1 aliphatic carbocycles. The summed E-state index contributed by atoms with van der Waals surface area (Å²) in [5.41, 5.74) is -0.140. The normalized spacial score (nSPS) is 15.0. The summed E-state index contributed by atoms with van der Waals surface area (Å²) in [5.74, 6) is -0.211. The van der Waals surface area contributed by atoms with Crippen molar-refractivity contribution in [1.29, 1.82) is 5.26 Å². The summed E-state index contributed by atoms with van der Waals surface area (Å²) < 4.78 is 4.87. The SMILES string of the molecule is COc1ccc(C(=O)NC(C#N)C2CC2)cc1[N+](=O)[O-]. The average molecular weight is 275 g/mol. The molecule has 1 unspecified atom stereocenters. The van der Waals surface area contributed by atoms with Crippen molar-refractivity contribution < 1.29 is 14.5 Å². The smallest absolute Gasteiger partial charge is 0.311 e. The fourth-order valence-corrected chi connectivity index (χ4v) is 1.88. The molecule has 1 saturated carbocycles. The lowest BCUT2D eigenvalue weighted by Gasteiger charge is -2.10. The Morgan fingerprint density at radius 3 is 2.80 bits per heavy atom. The first-order chi connectivity index (χ1) is 9.56. The summed E-state index contributed by atoms with van der Waals surface area (Å²) in [6.07, 6.45) is 1.84. The Bertz CT molecular complexity index is 590. The van der Waals surface area contributed by atoms with E-state index in [2.05, 4.69) is 5.32 Å². The van der Waals surface area contributed by atoms with Gasteiger partial charge in [-0.1, -0.05) is 0 Å². The van der Waals surface area contributed by atoms with Crippen LogP contribution in [0.4, 0.5) is 5.69 Å². The van der Waals surface area contributed by atoms with Crippen LogP contribution in [0.25, 0.3) is 0 Å². The monoisotopic (exact) mass is 275 g/mol. The highest BCUT2D eigenvalue weighted by molar-refractivity contribution is 5.95. The molecule has 0 saturated heterocycles. The Morgan fingerprint density at radius 1 is 1.60 bits per heavy atom. The minimum Gasteiger partial charge on any atom is -0.490 e. The number of nitriles is 1. The van der Waals surface area contributed by atoms with Crippen LogP contribution in [0.2, 0.25) is 0 Å². The second kappa shape index (κ2) is 5.57. The number of benzene rings is 1. The number of hydrogen-bond acceptors (Lipinski definition) is 5. The van der Waals surface area contributed by atoms with Crippen LogP contribution >= 0.6 is 0 Å². The van der Waals surface area contributed by atoms with Crippen LogP contribution in [0.3, 0.4) is 0 Å². The highest BCUT2D eigenvalue weighted by Gasteiger charge is 2.32. The first-order valence-electron chi connectivity index (χ1n) is 6.09. The molecule has 0 heterocycles. The average Bonchev–Trinajstić information content (AvgIpc) is 3.28. The predicted octanol–water partition coefficient (Wildman–Crippen LogP) is 1.64. The molecule has 1 atom stereocenters. The molecule has 0 bridgehead atoms. The summed E-state index contributed by atoms with van der Waals surface area (Å²) >= 11 is 0. The van der Waals surface area contributed by atoms with Crippen LogP contribution in [-0.2, 0) is 0 Å². The Morgan fingerprint density at radius 2 is 2.30 bits per heavy atom. The number of rotatable bonds is 5. The third-order valence-electron chi connectivity index (χ3n) is 3.16. The highest BCUT2D eigenvalue weighted by Crippen LogP contribution is 2.32. The highest BCUT2D eigenvalue weighted by atomic mass is 16.6. The van der Waals surface area contributed by atoms with E-state index < -0.39 is 16.9 Å². The Kier molecular flexibility index (Phi) is 3.84. The second-order valence-corrected chi connectivity index (χ2v) is 4.56. The maximum absolute atomic E-state index is 12.0. The molecule has 20 heavy (non-hydrogen) atoms. The number of amides is 1. The van der Waals surface area contributed by atoms with Crippen LogP contribution in [0, 0.1) is 27.4 Å². The van der Waals surface area contributed by atoms with Crippen molar-refractivity contribution in [1.82, 2.24) is 5.32 Å². The van der Waals surface area contributed by atoms with E-state index in [4.69, 9.17) is 10.00 Å². The third kappa shape index (κ3) is 2.85. The first kappa shape index (κ1) is 13.8. The lowest BCUT2D eigenvalue weighted by atomic mass is 10.1. The van der Waals surface area contributed by atoms with E-state index in [1.165, 1.54) is 19.2 Å². The van der Waals surface area contributed by atoms with E-state index in [0.29, 0.717) is 0 Å². The molecule has 1 aromatic rings. The zero-order chi connectivity index (χ0) is 14.7. The number of methoxy groups -OCH3 is 1. The van der Waals surface area contributed by atoms with Crippen LogP contribution in [0.15, 0.2) is 18.2 Å². The van der Waals surface area contributed by atoms with Gasteiger partial charge in [0, 0.05) is 11.6 Å². The zero-order valence-corrected chi connectivity index (χ0v) is 10.8. The predicted molar refractivity (Wildman–Crippen MR) is 69.2 cm³/mol. The molecule has 1 amide bonds. The van der Waals surface area contributed by atoms with Gasteiger partial charge in [0.15, 0.2) is 5.75 Å². The number of hydrogen-bond donors (Lipinski definition) is 1. The number of nitro benzene ring substituents is 1. The Balaban J connectivity index is 2.19. The van der Waals surface area contributed by atoms with E-state index >= 15 is 0 Å². The Labute approximate surface area is 115 Å². The van der Waals surface area contributed by atoms with E-state index in [1.807, 2.05) is 6.07 Å². The first-order valence-corrected chi connectivity index (χ1v) is 6.09. The van der Waals surface area contributed by atoms with Crippen LogP contribution in [0.5, 0.6) is 5.75 Å². The van der Waals surface area contributed by atoms with Crippen molar-refractivity contribution in [3.05, 3.63) is 33.9 Å². The van der Waals surface area contributed by atoms with Crippen molar-refractivity contribution in [3.8, 4) is 11.8 Å². The largest absolute Gasteiger partial charge is 0.490 e. The minimum atomic E-state index is -0.613. The topological polar surface area (TPSA) is 105 Å². The number of nitro groups is 1. The summed E-state index contributed by atoms with van der Waals surface area (Å²) in [4.78, 5) is 22.3. The van der Waals surface area contributed by atoms with Gasteiger partial charge in [0.05, 0.1) is 18.1 Å². The number of nitrogens with one attached hydrogen (secondary N) is 1. The number of nitrogens with zero attached hydrogens (tertiary/aromatic N) is 2. The van der Waals surface area contributed by atoms with Gasteiger partial charge in [-0.25, -0.2) is 0 Å². The van der Waals surface area contributed by atoms with E-state index in [9.17, 15) is 14.9 Å². The maximum Gasteiger partial charge on any atom is 0.311 e. The van der Waals surface area contributed by atoms with E-state index in [-0.39, 0.29) is 22.9 Å². The van der Waals surface area contributed by atoms with Gasteiger partial charge < -0.3 is 10.1 Å². The van der Waals surface area contributed by atoms with Gasteiger partial charge in [0.1, 0.15) is 6.04 Å². The summed E-state index contributed by atoms with van der Waals surface area (Å²) in [5, 5.41) is 22.4. The van der Waals surface area contributed by atoms with Gasteiger partial charge in [0.25, 0.3) is 5.91 Å². The molecule has 2 rings (SSSR count). The number of carbonyl (C=O) groups is 1. The molecule has 1 fully saturated rings. The van der Waals surface area contributed by atoms with Gasteiger partial charge in [-0.15, -0.1) is 0 Å². The molecule has 7 nitrogen and oxygen atoms in total. The molecule has 0 aliphatic heterocycles. The van der Waals surface area contributed by atoms with Gasteiger partial charge >= 0.3 is 5.69 Å². The minimum absolute atomic E-state index is 0.0885. The molecular formula is C13H13N3O4. The van der Waals surface area contributed by atoms with Crippen molar-refractivity contribution >= 4 is 11.6 Å². The molecular weight excluding hydrogens is 262 g/mol. The zero-order valence-electron chi connectivity index (χ0n) is 10.8. The molecule has 0 radical (unpaired) electrons. The second-order valence-electron chi connectivity index (χ2n) is 4.56. The van der Waals surface area contributed by atoms with Crippen molar-refractivity contribution in [2.24, 2.45) is 5.92 Å².